The van der Waals surface area contributed by atoms with E-state index in [0.29, 0.717) is 30.0 Å². The minimum absolute atomic E-state index is 0.199. The Labute approximate surface area is 122 Å². The summed E-state index contributed by atoms with van der Waals surface area (Å²) in [4.78, 5) is 20.6. The van der Waals surface area contributed by atoms with Crippen molar-refractivity contribution in [2.75, 3.05) is 0 Å². The molecule has 1 saturated carbocycles. The summed E-state index contributed by atoms with van der Waals surface area (Å²) in [5.74, 6) is 1.18. The van der Waals surface area contributed by atoms with Gasteiger partial charge in [-0.05, 0) is 30.7 Å². The van der Waals surface area contributed by atoms with Crippen molar-refractivity contribution in [2.24, 2.45) is 11.8 Å². The van der Waals surface area contributed by atoms with E-state index in [1.54, 1.807) is 0 Å². The van der Waals surface area contributed by atoms with Crippen LogP contribution in [0.25, 0.3) is 0 Å². The quantitative estimate of drug-likeness (QED) is 0.664. The Bertz CT molecular complexity index is 561. The first-order valence-electron chi connectivity index (χ1n) is 7.05. The minimum Gasteiger partial charge on any atom is -0.309 e. The molecule has 1 N–H and O–H groups in total. The summed E-state index contributed by atoms with van der Waals surface area (Å²) >= 11 is 0. The number of hydrogen-bond acceptors (Lipinski definition) is 5. The van der Waals surface area contributed by atoms with E-state index in [-0.39, 0.29) is 11.4 Å². The molecule has 3 atom stereocenters. The smallest absolute Gasteiger partial charge is 0.280 e. The summed E-state index contributed by atoms with van der Waals surface area (Å²) in [5, 5.41) is 25.1. The van der Waals surface area contributed by atoms with Gasteiger partial charge in [0.05, 0.1) is 15.9 Å². The van der Waals surface area contributed by atoms with Gasteiger partial charge in [-0.2, -0.15) is 0 Å². The van der Waals surface area contributed by atoms with E-state index in [1.807, 2.05) is 0 Å². The summed E-state index contributed by atoms with van der Waals surface area (Å²) in [6.45, 7) is 4.75. The summed E-state index contributed by atoms with van der Waals surface area (Å²) in [7, 11) is 0. The van der Waals surface area contributed by atoms with E-state index >= 15 is 0 Å². The van der Waals surface area contributed by atoms with Crippen LogP contribution in [0.5, 0.6) is 0 Å². The fourth-order valence-corrected chi connectivity index (χ4v) is 2.88. The molecule has 0 radical (unpaired) electrons. The number of nitro benzene ring substituents is 2. The first kappa shape index (κ1) is 15.4. The molecule has 1 aliphatic carbocycles. The Morgan fingerprint density at radius 1 is 1.19 bits per heavy atom. The maximum Gasteiger partial charge on any atom is 0.280 e. The van der Waals surface area contributed by atoms with Crippen LogP contribution < -0.4 is 5.32 Å². The zero-order valence-electron chi connectivity index (χ0n) is 12.1. The van der Waals surface area contributed by atoms with Gasteiger partial charge in [0.1, 0.15) is 0 Å². The first-order chi connectivity index (χ1) is 9.90. The predicted octanol–water partition coefficient (Wildman–Crippen LogP) is 3.03. The lowest BCUT2D eigenvalue weighted by Gasteiger charge is -2.19. The summed E-state index contributed by atoms with van der Waals surface area (Å²) in [5.41, 5.74) is 0.0288. The average Bonchev–Trinajstić information content (AvgIpc) is 2.76. The predicted molar refractivity (Wildman–Crippen MR) is 77.9 cm³/mol. The molecular formula is C14H19N3O4. The molecule has 0 saturated heterocycles. The van der Waals surface area contributed by atoms with E-state index < -0.39 is 9.85 Å². The Morgan fingerprint density at radius 3 is 2.43 bits per heavy atom. The molecule has 21 heavy (non-hydrogen) atoms. The normalized spacial score (nSPS) is 25.0. The molecule has 0 heterocycles. The van der Waals surface area contributed by atoms with Gasteiger partial charge >= 0.3 is 0 Å². The van der Waals surface area contributed by atoms with Crippen molar-refractivity contribution in [2.45, 2.75) is 39.3 Å². The molecule has 2 rings (SSSR count). The third-order valence-corrected chi connectivity index (χ3v) is 4.50. The number of rotatable bonds is 5. The van der Waals surface area contributed by atoms with Crippen LogP contribution in [0.3, 0.4) is 0 Å². The van der Waals surface area contributed by atoms with Crippen LogP contribution in [0.4, 0.5) is 11.4 Å². The van der Waals surface area contributed by atoms with Crippen molar-refractivity contribution in [3.05, 3.63) is 44.0 Å². The fourth-order valence-electron chi connectivity index (χ4n) is 2.88. The topological polar surface area (TPSA) is 98.3 Å². The molecule has 0 bridgehead atoms. The van der Waals surface area contributed by atoms with E-state index in [0.717, 1.165) is 18.9 Å². The molecule has 1 aromatic carbocycles. The summed E-state index contributed by atoms with van der Waals surface area (Å²) < 4.78 is 0. The van der Waals surface area contributed by atoms with Gasteiger partial charge < -0.3 is 5.32 Å². The summed E-state index contributed by atoms with van der Waals surface area (Å²) in [6, 6.07) is 4.14. The molecule has 3 unspecified atom stereocenters. The van der Waals surface area contributed by atoms with Gasteiger partial charge in [0.25, 0.3) is 11.4 Å². The van der Waals surface area contributed by atoms with Crippen molar-refractivity contribution in [3.63, 3.8) is 0 Å². The van der Waals surface area contributed by atoms with Crippen molar-refractivity contribution >= 4 is 11.4 Å². The van der Waals surface area contributed by atoms with Crippen molar-refractivity contribution in [1.82, 2.24) is 5.32 Å². The molecule has 0 aliphatic heterocycles. The lowest BCUT2D eigenvalue weighted by Crippen LogP contribution is -2.32. The standard InChI is InChI=1S/C14H19N3O4/c1-9-3-6-13(10(9)2)15-8-11-4-5-12(16(18)19)7-14(11)17(20)21/h4-5,7,9-10,13,15H,3,6,8H2,1-2H3. The van der Waals surface area contributed by atoms with Crippen LogP contribution in [-0.4, -0.2) is 15.9 Å². The van der Waals surface area contributed by atoms with Crippen molar-refractivity contribution in [1.29, 1.82) is 0 Å². The lowest BCUT2D eigenvalue weighted by atomic mass is 9.97. The van der Waals surface area contributed by atoms with Crippen LogP contribution >= 0.6 is 0 Å². The number of nitrogens with zero attached hydrogens (tertiary/aromatic N) is 2. The highest BCUT2D eigenvalue weighted by molar-refractivity contribution is 5.49. The molecule has 0 aromatic heterocycles. The molecule has 114 valence electrons. The molecule has 0 amide bonds. The second-order valence-electron chi connectivity index (χ2n) is 5.73. The van der Waals surface area contributed by atoms with Gasteiger partial charge in [-0.3, -0.25) is 20.2 Å². The van der Waals surface area contributed by atoms with Gasteiger partial charge in [0.2, 0.25) is 0 Å². The van der Waals surface area contributed by atoms with E-state index in [9.17, 15) is 20.2 Å². The number of nitrogens with one attached hydrogen (secondary N) is 1. The van der Waals surface area contributed by atoms with Gasteiger partial charge in [-0.15, -0.1) is 0 Å². The van der Waals surface area contributed by atoms with Gasteiger partial charge in [-0.25, -0.2) is 0 Å². The fraction of sp³-hybridized carbons (Fsp3) is 0.571. The van der Waals surface area contributed by atoms with Crippen LogP contribution in [0.1, 0.15) is 32.3 Å². The van der Waals surface area contributed by atoms with Gasteiger partial charge in [0.15, 0.2) is 0 Å². The molecule has 7 nitrogen and oxygen atoms in total. The molecule has 7 heteroatoms. The summed E-state index contributed by atoms with van der Waals surface area (Å²) in [6.07, 6.45) is 2.21. The van der Waals surface area contributed by atoms with E-state index in [1.165, 1.54) is 12.1 Å². The van der Waals surface area contributed by atoms with E-state index in [4.69, 9.17) is 0 Å². The minimum atomic E-state index is -0.620. The number of non-ortho nitro benzene ring substituents is 1. The van der Waals surface area contributed by atoms with Crippen LogP contribution in [-0.2, 0) is 6.54 Å². The Balaban J connectivity index is 2.12. The first-order valence-corrected chi connectivity index (χ1v) is 7.05. The molecule has 1 aromatic rings. The Hall–Kier alpha value is -2.02. The zero-order valence-corrected chi connectivity index (χ0v) is 12.1. The number of hydrogen-bond donors (Lipinski definition) is 1. The molecule has 0 spiro atoms. The maximum atomic E-state index is 11.1. The highest BCUT2D eigenvalue weighted by Crippen LogP contribution is 2.32. The maximum absolute atomic E-state index is 11.1. The number of benzene rings is 1. The number of nitro groups is 2. The molecular weight excluding hydrogens is 274 g/mol. The monoisotopic (exact) mass is 293 g/mol. The largest absolute Gasteiger partial charge is 0.309 e. The third-order valence-electron chi connectivity index (χ3n) is 4.50. The Morgan fingerprint density at radius 2 is 1.90 bits per heavy atom. The highest BCUT2D eigenvalue weighted by atomic mass is 16.6. The second kappa shape index (κ2) is 6.17. The molecule has 1 fully saturated rings. The van der Waals surface area contributed by atoms with Crippen LogP contribution in [0.2, 0.25) is 0 Å². The zero-order chi connectivity index (χ0) is 15.6. The SMILES string of the molecule is CC1CCC(NCc2ccc([N+](=O)[O-])cc2[N+](=O)[O-])C1C. The van der Waals surface area contributed by atoms with Crippen molar-refractivity contribution in [3.8, 4) is 0 Å². The Kier molecular flexibility index (Phi) is 4.52. The van der Waals surface area contributed by atoms with Gasteiger partial charge in [-0.1, -0.05) is 13.8 Å². The highest BCUT2D eigenvalue weighted by Gasteiger charge is 2.29. The van der Waals surface area contributed by atoms with Crippen LogP contribution in [0, 0.1) is 32.1 Å². The third kappa shape index (κ3) is 3.36. The average molecular weight is 293 g/mol. The lowest BCUT2D eigenvalue weighted by molar-refractivity contribution is -0.394. The van der Waals surface area contributed by atoms with E-state index in [2.05, 4.69) is 19.2 Å². The van der Waals surface area contributed by atoms with Crippen molar-refractivity contribution < 1.29 is 9.85 Å². The second-order valence-corrected chi connectivity index (χ2v) is 5.73. The van der Waals surface area contributed by atoms with Gasteiger partial charge in [0, 0.05) is 24.2 Å². The van der Waals surface area contributed by atoms with Crippen LogP contribution in [0.15, 0.2) is 18.2 Å². The molecule has 1 aliphatic rings.